The van der Waals surface area contributed by atoms with Crippen LogP contribution in [0.5, 0.6) is 0 Å². The van der Waals surface area contributed by atoms with Crippen LogP contribution in [0.1, 0.15) is 10.4 Å². The molecule has 2 aromatic rings. The van der Waals surface area contributed by atoms with Crippen LogP contribution in [0.25, 0.3) is 0 Å². The van der Waals surface area contributed by atoms with Gasteiger partial charge in [-0.3, -0.25) is 25.0 Å². The SMILES string of the molecule is O=C(c1cc([N+](=O)[O-])cc([N+](=O)[O-])c1)N1CCN(c2nccs2)CC1. The topological polar surface area (TPSA) is 123 Å². The molecule has 1 saturated heterocycles. The van der Waals surface area contributed by atoms with Crippen LogP contribution in [0.4, 0.5) is 16.5 Å². The number of nitro groups is 2. The first-order chi connectivity index (χ1) is 12.0. The van der Waals surface area contributed by atoms with Gasteiger partial charge in [0, 0.05) is 49.9 Å². The van der Waals surface area contributed by atoms with Gasteiger partial charge in [-0.05, 0) is 0 Å². The quantitative estimate of drug-likeness (QED) is 0.600. The zero-order valence-electron chi connectivity index (χ0n) is 12.9. The lowest BCUT2D eigenvalue weighted by molar-refractivity contribution is -0.394. The highest BCUT2D eigenvalue weighted by Gasteiger charge is 2.26. The Kier molecular flexibility index (Phi) is 4.57. The van der Waals surface area contributed by atoms with Gasteiger partial charge >= 0.3 is 0 Å². The van der Waals surface area contributed by atoms with Crippen LogP contribution in [0.15, 0.2) is 29.8 Å². The highest BCUT2D eigenvalue weighted by atomic mass is 32.1. The second-order valence-corrected chi connectivity index (χ2v) is 6.22. The van der Waals surface area contributed by atoms with E-state index >= 15 is 0 Å². The number of benzene rings is 1. The largest absolute Gasteiger partial charge is 0.345 e. The predicted octanol–water partition coefficient (Wildman–Crippen LogP) is 1.92. The number of anilines is 1. The molecule has 10 nitrogen and oxygen atoms in total. The number of carbonyl (C=O) groups is 1. The molecule has 0 spiro atoms. The molecule has 0 aliphatic carbocycles. The molecular weight excluding hydrogens is 350 g/mol. The minimum Gasteiger partial charge on any atom is -0.345 e. The van der Waals surface area contributed by atoms with Gasteiger partial charge in [-0.1, -0.05) is 0 Å². The molecule has 1 aliphatic heterocycles. The van der Waals surface area contributed by atoms with Crippen molar-refractivity contribution in [1.29, 1.82) is 0 Å². The molecule has 25 heavy (non-hydrogen) atoms. The molecule has 1 aromatic heterocycles. The predicted molar refractivity (Wildman–Crippen MR) is 90.0 cm³/mol. The number of piperazine rings is 1. The number of nitro benzene ring substituents is 2. The number of hydrogen-bond donors (Lipinski definition) is 0. The lowest BCUT2D eigenvalue weighted by Crippen LogP contribution is -2.48. The van der Waals surface area contributed by atoms with Gasteiger partial charge in [0.25, 0.3) is 17.3 Å². The number of aromatic nitrogens is 1. The van der Waals surface area contributed by atoms with E-state index in [9.17, 15) is 25.0 Å². The Bertz CT molecular complexity index is 785. The van der Waals surface area contributed by atoms with E-state index in [1.165, 1.54) is 16.2 Å². The molecule has 130 valence electrons. The molecule has 0 saturated carbocycles. The molecule has 0 N–H and O–H groups in total. The van der Waals surface area contributed by atoms with Crippen molar-refractivity contribution in [2.75, 3.05) is 31.1 Å². The Morgan fingerprint density at radius 2 is 1.64 bits per heavy atom. The molecule has 0 unspecified atom stereocenters. The van der Waals surface area contributed by atoms with Crippen LogP contribution in [-0.2, 0) is 0 Å². The first-order valence-corrected chi connectivity index (χ1v) is 8.21. The Morgan fingerprint density at radius 3 is 2.12 bits per heavy atom. The van der Waals surface area contributed by atoms with Crippen LogP contribution >= 0.6 is 11.3 Å². The van der Waals surface area contributed by atoms with Gasteiger partial charge in [0.2, 0.25) is 0 Å². The summed E-state index contributed by atoms with van der Waals surface area (Å²) < 4.78 is 0. The minimum absolute atomic E-state index is 0.0522. The summed E-state index contributed by atoms with van der Waals surface area (Å²) in [5.41, 5.74) is -0.999. The fraction of sp³-hybridized carbons (Fsp3) is 0.286. The van der Waals surface area contributed by atoms with Crippen molar-refractivity contribution in [2.45, 2.75) is 0 Å². The van der Waals surface area contributed by atoms with Gasteiger partial charge < -0.3 is 9.80 Å². The molecule has 0 atom stereocenters. The van der Waals surface area contributed by atoms with E-state index in [0.717, 1.165) is 23.3 Å². The first kappa shape index (κ1) is 16.8. The number of non-ortho nitro benzene ring substituents is 2. The Balaban J connectivity index is 1.77. The highest BCUT2D eigenvalue weighted by molar-refractivity contribution is 7.13. The molecule has 1 aliphatic rings. The Labute approximate surface area is 145 Å². The molecule has 1 fully saturated rings. The minimum atomic E-state index is -0.746. The Hall–Kier alpha value is -3.08. The van der Waals surface area contributed by atoms with E-state index in [1.54, 1.807) is 6.20 Å². The number of rotatable bonds is 4. The molecule has 0 radical (unpaired) electrons. The number of hydrogen-bond acceptors (Lipinski definition) is 8. The van der Waals surface area contributed by atoms with Crippen molar-refractivity contribution >= 4 is 33.8 Å². The molecule has 1 aromatic carbocycles. The van der Waals surface area contributed by atoms with E-state index in [2.05, 4.69) is 4.98 Å². The van der Waals surface area contributed by atoms with E-state index < -0.39 is 27.1 Å². The smallest absolute Gasteiger partial charge is 0.277 e. The normalized spacial score (nSPS) is 14.4. The molecule has 0 bridgehead atoms. The van der Waals surface area contributed by atoms with Crippen LogP contribution in [0, 0.1) is 20.2 Å². The average molecular weight is 363 g/mol. The third-order valence-electron chi connectivity index (χ3n) is 3.83. The molecule has 1 amide bonds. The monoisotopic (exact) mass is 363 g/mol. The fourth-order valence-electron chi connectivity index (χ4n) is 2.58. The summed E-state index contributed by atoms with van der Waals surface area (Å²) in [6.07, 6.45) is 1.71. The second-order valence-electron chi connectivity index (χ2n) is 5.35. The van der Waals surface area contributed by atoms with Gasteiger partial charge in [-0.15, -0.1) is 11.3 Å². The highest BCUT2D eigenvalue weighted by Crippen LogP contribution is 2.25. The van der Waals surface area contributed by atoms with Gasteiger partial charge in [0.05, 0.1) is 21.5 Å². The molecule has 11 heteroatoms. The van der Waals surface area contributed by atoms with Crippen molar-refractivity contribution in [3.8, 4) is 0 Å². The molecular formula is C14H13N5O5S. The summed E-state index contributed by atoms with van der Waals surface area (Å²) in [7, 11) is 0. The third kappa shape index (κ3) is 3.55. The number of nitrogens with zero attached hydrogens (tertiary/aromatic N) is 5. The lowest BCUT2D eigenvalue weighted by atomic mass is 10.1. The third-order valence-corrected chi connectivity index (χ3v) is 4.66. The Morgan fingerprint density at radius 1 is 1.04 bits per heavy atom. The summed E-state index contributed by atoms with van der Waals surface area (Å²) in [6.45, 7) is 1.98. The van der Waals surface area contributed by atoms with Crippen molar-refractivity contribution in [3.05, 3.63) is 55.6 Å². The maximum absolute atomic E-state index is 12.6. The molecule has 3 rings (SSSR count). The standard InChI is InChI=1S/C14H13N5O5S/c20-13(10-7-11(18(21)22)9-12(8-10)19(23)24)16-2-4-17(5-3-16)14-15-1-6-25-14/h1,6-9H,2-5H2. The van der Waals surface area contributed by atoms with Crippen molar-refractivity contribution in [1.82, 2.24) is 9.88 Å². The van der Waals surface area contributed by atoms with Crippen LogP contribution < -0.4 is 4.90 Å². The summed E-state index contributed by atoms with van der Waals surface area (Å²) in [4.78, 5) is 40.8. The van der Waals surface area contributed by atoms with E-state index in [-0.39, 0.29) is 5.56 Å². The van der Waals surface area contributed by atoms with Crippen molar-refractivity contribution in [2.24, 2.45) is 0 Å². The number of carbonyl (C=O) groups excluding carboxylic acids is 1. The van der Waals surface area contributed by atoms with Gasteiger partial charge in [-0.2, -0.15) is 0 Å². The second kappa shape index (κ2) is 6.81. The maximum atomic E-state index is 12.6. The summed E-state index contributed by atoms with van der Waals surface area (Å²) in [6, 6.07) is 2.99. The first-order valence-electron chi connectivity index (χ1n) is 7.33. The van der Waals surface area contributed by atoms with E-state index in [1.807, 2.05) is 10.3 Å². The van der Waals surface area contributed by atoms with E-state index in [4.69, 9.17) is 0 Å². The van der Waals surface area contributed by atoms with Gasteiger partial charge in [0.1, 0.15) is 0 Å². The van der Waals surface area contributed by atoms with Crippen molar-refractivity contribution < 1.29 is 14.6 Å². The summed E-state index contributed by atoms with van der Waals surface area (Å²) in [5.74, 6) is -0.453. The fourth-order valence-corrected chi connectivity index (χ4v) is 3.28. The average Bonchev–Trinajstić information content (AvgIpc) is 3.15. The molecule has 2 heterocycles. The van der Waals surface area contributed by atoms with Gasteiger partial charge in [0.15, 0.2) is 5.13 Å². The van der Waals surface area contributed by atoms with Gasteiger partial charge in [-0.25, -0.2) is 4.98 Å². The zero-order valence-corrected chi connectivity index (χ0v) is 13.7. The lowest BCUT2D eigenvalue weighted by Gasteiger charge is -2.34. The number of thiazole rings is 1. The summed E-state index contributed by atoms with van der Waals surface area (Å²) in [5, 5.41) is 24.6. The van der Waals surface area contributed by atoms with Crippen LogP contribution in [0.2, 0.25) is 0 Å². The van der Waals surface area contributed by atoms with Crippen molar-refractivity contribution in [3.63, 3.8) is 0 Å². The van der Waals surface area contributed by atoms with Crippen LogP contribution in [0.3, 0.4) is 0 Å². The number of amides is 1. The zero-order chi connectivity index (χ0) is 18.0. The van der Waals surface area contributed by atoms with E-state index in [0.29, 0.717) is 26.2 Å². The maximum Gasteiger partial charge on any atom is 0.277 e. The van der Waals surface area contributed by atoms with Crippen LogP contribution in [-0.4, -0.2) is 51.8 Å². The summed E-state index contributed by atoms with van der Waals surface area (Å²) >= 11 is 1.51.